The SMILES string of the molecule is COC(=O)c1coc2c1-c1ccc(N(F)S(=O)(=O)c3ccccc3/C=C\CN3CCCC3)cc1OC2. The molecule has 0 spiro atoms. The number of fused-ring (bicyclic) bond motifs is 3. The molecule has 2 aliphatic rings. The number of hydrogen-bond acceptors (Lipinski definition) is 7. The van der Waals surface area contributed by atoms with E-state index in [2.05, 4.69) is 4.90 Å². The number of carbonyl (C=O) groups excluding carboxylic acids is 1. The average molecular weight is 513 g/mol. The van der Waals surface area contributed by atoms with Crippen LogP contribution in [0.15, 0.2) is 64.1 Å². The van der Waals surface area contributed by atoms with Gasteiger partial charge in [0, 0.05) is 23.7 Å². The third kappa shape index (κ3) is 4.38. The van der Waals surface area contributed by atoms with Crippen molar-refractivity contribution in [2.45, 2.75) is 24.3 Å². The minimum Gasteiger partial charge on any atom is -0.485 e. The topological polar surface area (TPSA) is 89.3 Å². The van der Waals surface area contributed by atoms with Crippen molar-refractivity contribution in [1.29, 1.82) is 0 Å². The Morgan fingerprint density at radius 2 is 1.97 bits per heavy atom. The van der Waals surface area contributed by atoms with E-state index in [1.165, 1.54) is 37.6 Å². The number of hydrogen-bond donors (Lipinski definition) is 0. The lowest BCUT2D eigenvalue weighted by Gasteiger charge is -2.21. The van der Waals surface area contributed by atoms with Crippen LogP contribution in [0.2, 0.25) is 0 Å². The van der Waals surface area contributed by atoms with E-state index in [0.29, 0.717) is 29.0 Å². The number of nitrogens with zero attached hydrogens (tertiary/aromatic N) is 2. The van der Waals surface area contributed by atoms with Crippen LogP contribution in [0.1, 0.15) is 34.5 Å². The summed E-state index contributed by atoms with van der Waals surface area (Å²) in [5.74, 6) is 0.0687. The number of likely N-dealkylation sites (tertiary alicyclic amines) is 1. The van der Waals surface area contributed by atoms with Gasteiger partial charge < -0.3 is 13.9 Å². The minimum atomic E-state index is -4.52. The fourth-order valence-corrected chi connectivity index (χ4v) is 5.77. The molecule has 188 valence electrons. The van der Waals surface area contributed by atoms with E-state index in [1.807, 2.05) is 6.08 Å². The van der Waals surface area contributed by atoms with Crippen molar-refractivity contribution in [3.05, 3.63) is 71.7 Å². The molecule has 2 aliphatic heterocycles. The fourth-order valence-electron chi connectivity index (χ4n) is 4.52. The largest absolute Gasteiger partial charge is 0.485 e. The van der Waals surface area contributed by atoms with Crippen molar-refractivity contribution < 1.29 is 31.6 Å². The van der Waals surface area contributed by atoms with E-state index >= 15 is 4.48 Å². The number of rotatable bonds is 7. The summed E-state index contributed by atoms with van der Waals surface area (Å²) in [5, 5.41) is 0. The van der Waals surface area contributed by atoms with E-state index in [9.17, 15) is 13.2 Å². The van der Waals surface area contributed by atoms with E-state index in [0.717, 1.165) is 25.9 Å². The van der Waals surface area contributed by atoms with Gasteiger partial charge in [0.25, 0.3) is 10.0 Å². The lowest BCUT2D eigenvalue weighted by atomic mass is 9.98. The molecule has 0 N–H and O–H groups in total. The summed E-state index contributed by atoms with van der Waals surface area (Å²) in [6, 6.07) is 10.4. The number of halogens is 1. The summed E-state index contributed by atoms with van der Waals surface area (Å²) < 4.78 is 57.6. The Morgan fingerprint density at radius 3 is 2.75 bits per heavy atom. The Labute approximate surface area is 208 Å². The molecule has 1 aromatic heterocycles. The lowest BCUT2D eigenvalue weighted by molar-refractivity contribution is 0.0600. The van der Waals surface area contributed by atoms with Crippen molar-refractivity contribution in [3.8, 4) is 16.9 Å². The van der Waals surface area contributed by atoms with Crippen LogP contribution in [0.5, 0.6) is 5.75 Å². The van der Waals surface area contributed by atoms with Gasteiger partial charge in [-0.15, -0.1) is 0 Å². The number of sulfonamides is 1. The quantitative estimate of drug-likeness (QED) is 0.331. The predicted molar refractivity (Wildman–Crippen MR) is 132 cm³/mol. The fraction of sp³-hybridized carbons (Fsp3) is 0.269. The second-order valence-electron chi connectivity index (χ2n) is 8.58. The molecule has 0 atom stereocenters. The molecule has 2 aromatic carbocycles. The first kappa shape index (κ1) is 24.1. The Balaban J connectivity index is 1.44. The number of ether oxygens (including phenoxy) is 2. The van der Waals surface area contributed by atoms with Crippen molar-refractivity contribution in [2.24, 2.45) is 0 Å². The third-order valence-corrected chi connectivity index (χ3v) is 7.90. The zero-order valence-electron chi connectivity index (χ0n) is 19.6. The minimum absolute atomic E-state index is 0.00641. The molecule has 8 nitrogen and oxygen atoms in total. The number of furan rings is 1. The monoisotopic (exact) mass is 512 g/mol. The van der Waals surface area contributed by atoms with Gasteiger partial charge in [0.05, 0.1) is 17.7 Å². The van der Waals surface area contributed by atoms with Crippen LogP contribution in [0.25, 0.3) is 17.2 Å². The first-order valence-corrected chi connectivity index (χ1v) is 13.0. The van der Waals surface area contributed by atoms with E-state index in [-0.39, 0.29) is 33.0 Å². The molecule has 10 heteroatoms. The first-order valence-electron chi connectivity index (χ1n) is 11.5. The molecule has 0 unspecified atom stereocenters. The molecular formula is C26H25FN2O6S. The zero-order chi connectivity index (χ0) is 25.3. The number of anilines is 1. The highest BCUT2D eigenvalue weighted by atomic mass is 32.2. The van der Waals surface area contributed by atoms with Gasteiger partial charge in [0.2, 0.25) is 0 Å². The van der Waals surface area contributed by atoms with Crippen molar-refractivity contribution in [2.75, 3.05) is 31.3 Å². The van der Waals surface area contributed by atoms with E-state index in [1.54, 1.807) is 24.3 Å². The van der Waals surface area contributed by atoms with Crippen molar-refractivity contribution in [3.63, 3.8) is 0 Å². The Hall–Kier alpha value is -3.63. The van der Waals surface area contributed by atoms with Gasteiger partial charge in [-0.1, -0.05) is 39.4 Å². The Bertz CT molecular complexity index is 1430. The Morgan fingerprint density at radius 1 is 1.19 bits per heavy atom. The van der Waals surface area contributed by atoms with E-state index < -0.39 is 16.0 Å². The van der Waals surface area contributed by atoms with Crippen molar-refractivity contribution in [1.82, 2.24) is 4.90 Å². The molecule has 3 heterocycles. The van der Waals surface area contributed by atoms with Gasteiger partial charge in [-0.25, -0.2) is 4.79 Å². The highest BCUT2D eigenvalue weighted by molar-refractivity contribution is 7.92. The second-order valence-corrected chi connectivity index (χ2v) is 10.3. The van der Waals surface area contributed by atoms with Gasteiger partial charge in [0.1, 0.15) is 29.9 Å². The average Bonchev–Trinajstić information content (AvgIpc) is 3.58. The summed E-state index contributed by atoms with van der Waals surface area (Å²) in [6.07, 6.45) is 7.21. The maximum Gasteiger partial charge on any atom is 0.341 e. The summed E-state index contributed by atoms with van der Waals surface area (Å²) in [4.78, 5) is 14.3. The molecule has 1 fully saturated rings. The molecule has 0 saturated carbocycles. The summed E-state index contributed by atoms with van der Waals surface area (Å²) in [5.41, 5.74) is 1.35. The molecule has 0 bridgehead atoms. The van der Waals surface area contributed by atoms with Gasteiger partial charge in [-0.05, 0) is 49.7 Å². The zero-order valence-corrected chi connectivity index (χ0v) is 20.5. The molecule has 3 aromatic rings. The van der Waals surface area contributed by atoms with Gasteiger partial charge >= 0.3 is 5.97 Å². The van der Waals surface area contributed by atoms with Crippen LogP contribution >= 0.6 is 0 Å². The van der Waals surface area contributed by atoms with Crippen LogP contribution in [0, 0.1) is 0 Å². The van der Waals surface area contributed by atoms with Gasteiger partial charge in [-0.2, -0.15) is 8.42 Å². The summed E-state index contributed by atoms with van der Waals surface area (Å²) in [7, 11) is -3.26. The first-order chi connectivity index (χ1) is 17.4. The highest BCUT2D eigenvalue weighted by Gasteiger charge is 2.31. The molecule has 1 saturated heterocycles. The molecule has 5 rings (SSSR count). The number of carbonyl (C=O) groups is 1. The van der Waals surface area contributed by atoms with E-state index in [4.69, 9.17) is 13.9 Å². The normalized spacial score (nSPS) is 15.4. The maximum absolute atomic E-state index is 15.5. The standard InChI is InChI=1S/C26H25FN2O6S/c1-33-26(30)21-16-34-23-17-35-22-15-19(10-11-20(22)25(21)23)29(27)36(31,32)24-9-3-2-7-18(24)8-6-14-28-12-4-5-13-28/h2-3,6-11,15-16H,4-5,12-14,17H2,1H3/b8-6-. The van der Waals surface area contributed by atoms with Crippen LogP contribution in [0.4, 0.5) is 10.2 Å². The van der Waals surface area contributed by atoms with Crippen LogP contribution in [-0.4, -0.2) is 46.0 Å². The highest BCUT2D eigenvalue weighted by Crippen LogP contribution is 2.43. The molecule has 0 radical (unpaired) electrons. The van der Waals surface area contributed by atoms with Crippen LogP contribution in [-0.2, 0) is 21.4 Å². The van der Waals surface area contributed by atoms with Crippen LogP contribution < -0.4 is 9.26 Å². The van der Waals surface area contributed by atoms with Crippen LogP contribution in [0.3, 0.4) is 0 Å². The van der Waals surface area contributed by atoms with Crippen molar-refractivity contribution >= 4 is 27.8 Å². The van der Waals surface area contributed by atoms with Gasteiger partial charge in [0.15, 0.2) is 0 Å². The number of benzene rings is 2. The predicted octanol–water partition coefficient (Wildman–Crippen LogP) is 4.81. The second kappa shape index (κ2) is 9.79. The number of esters is 1. The molecule has 0 amide bonds. The molecular weight excluding hydrogens is 487 g/mol. The molecule has 36 heavy (non-hydrogen) atoms. The molecule has 0 aliphatic carbocycles. The van der Waals surface area contributed by atoms with Gasteiger partial charge in [-0.3, -0.25) is 4.90 Å². The maximum atomic E-state index is 15.5. The number of methoxy groups -OCH3 is 1. The smallest absolute Gasteiger partial charge is 0.341 e. The third-order valence-electron chi connectivity index (χ3n) is 6.34. The lowest BCUT2D eigenvalue weighted by Crippen LogP contribution is -2.23. The summed E-state index contributed by atoms with van der Waals surface area (Å²) >= 11 is 0. The Kier molecular flexibility index (Phi) is 6.55. The summed E-state index contributed by atoms with van der Waals surface area (Å²) in [6.45, 7) is 2.75.